The van der Waals surface area contributed by atoms with Gasteiger partial charge in [-0.2, -0.15) is 0 Å². The minimum atomic E-state index is -1.06. The van der Waals surface area contributed by atoms with E-state index < -0.39 is 18.0 Å². The van der Waals surface area contributed by atoms with Gasteiger partial charge >= 0.3 is 12.1 Å². The number of carboxylic acids is 1. The third-order valence-electron chi connectivity index (χ3n) is 6.73. The van der Waals surface area contributed by atoms with Crippen molar-refractivity contribution in [2.75, 3.05) is 20.2 Å². The largest absolute Gasteiger partial charge is 0.480 e. The first-order valence-electron chi connectivity index (χ1n) is 11.5. The van der Waals surface area contributed by atoms with Gasteiger partial charge in [-0.15, -0.1) is 0 Å². The topological polar surface area (TPSA) is 95.9 Å². The molecule has 2 aromatic carbocycles. The summed E-state index contributed by atoms with van der Waals surface area (Å²) in [5.41, 5.74) is 4.62. The first-order chi connectivity index (χ1) is 16.0. The Bertz CT molecular complexity index is 991. The number of nitrogens with one attached hydrogen (secondary N) is 1. The zero-order valence-electron chi connectivity index (χ0n) is 18.8. The van der Waals surface area contributed by atoms with E-state index in [1.165, 1.54) is 11.9 Å². The number of hydrogen-bond donors (Lipinski definition) is 2. The zero-order valence-corrected chi connectivity index (χ0v) is 18.8. The summed E-state index contributed by atoms with van der Waals surface area (Å²) in [7, 11) is 1.49. The fourth-order valence-corrected chi connectivity index (χ4v) is 5.13. The van der Waals surface area contributed by atoms with Crippen molar-refractivity contribution in [1.82, 2.24) is 10.2 Å². The quantitative estimate of drug-likeness (QED) is 0.648. The van der Waals surface area contributed by atoms with Crippen LogP contribution in [0.3, 0.4) is 0 Å². The van der Waals surface area contributed by atoms with E-state index in [0.29, 0.717) is 12.8 Å². The molecule has 2 amide bonds. The van der Waals surface area contributed by atoms with Crippen molar-refractivity contribution in [1.29, 1.82) is 0 Å². The summed E-state index contributed by atoms with van der Waals surface area (Å²) in [5.74, 6) is -1.78. The number of hydrogen-bond acceptors (Lipinski definition) is 4. The summed E-state index contributed by atoms with van der Waals surface area (Å²) in [6.45, 7) is -0.142. The average Bonchev–Trinajstić information content (AvgIpc) is 2.93. The van der Waals surface area contributed by atoms with Gasteiger partial charge in [-0.1, -0.05) is 67.8 Å². The smallest absolute Gasteiger partial charge is 0.407 e. The molecule has 0 unspecified atom stereocenters. The van der Waals surface area contributed by atoms with Crippen LogP contribution in [0.25, 0.3) is 11.1 Å². The Hall–Kier alpha value is -3.35. The minimum Gasteiger partial charge on any atom is -0.480 e. The number of amides is 2. The van der Waals surface area contributed by atoms with Gasteiger partial charge < -0.3 is 20.1 Å². The lowest BCUT2D eigenvalue weighted by atomic mass is 9.93. The maximum Gasteiger partial charge on any atom is 0.407 e. The fraction of sp³-hybridized carbons (Fsp3) is 0.423. The minimum absolute atomic E-state index is 0.0311. The molecule has 0 aromatic heterocycles. The summed E-state index contributed by atoms with van der Waals surface area (Å²) < 4.78 is 5.67. The highest BCUT2D eigenvalue weighted by atomic mass is 16.5. The lowest BCUT2D eigenvalue weighted by Gasteiger charge is -2.28. The van der Waals surface area contributed by atoms with Crippen LogP contribution in [0.5, 0.6) is 0 Å². The lowest BCUT2D eigenvalue weighted by Crippen LogP contribution is -2.48. The van der Waals surface area contributed by atoms with Gasteiger partial charge in [0.05, 0.1) is 5.92 Å². The number of benzene rings is 2. The van der Waals surface area contributed by atoms with Crippen molar-refractivity contribution >= 4 is 18.0 Å². The third-order valence-corrected chi connectivity index (χ3v) is 6.73. The maximum atomic E-state index is 12.9. The Labute approximate surface area is 193 Å². The van der Waals surface area contributed by atoms with E-state index in [-0.39, 0.29) is 31.0 Å². The molecule has 33 heavy (non-hydrogen) atoms. The van der Waals surface area contributed by atoms with Crippen LogP contribution in [0, 0.1) is 5.92 Å². The summed E-state index contributed by atoms with van der Waals surface area (Å²) in [4.78, 5) is 37.9. The number of likely N-dealkylation sites (N-methyl/N-ethyl adjacent to an activating group) is 1. The van der Waals surface area contributed by atoms with Gasteiger partial charge in [0.1, 0.15) is 13.2 Å². The maximum absolute atomic E-state index is 12.9. The second-order valence-electron chi connectivity index (χ2n) is 8.91. The summed E-state index contributed by atoms with van der Waals surface area (Å²) >= 11 is 0. The molecule has 4 rings (SSSR count). The van der Waals surface area contributed by atoms with E-state index in [0.717, 1.165) is 41.5 Å². The van der Waals surface area contributed by atoms with Crippen LogP contribution in [0.2, 0.25) is 0 Å². The van der Waals surface area contributed by atoms with Crippen molar-refractivity contribution in [3.63, 3.8) is 0 Å². The van der Waals surface area contributed by atoms with E-state index in [9.17, 15) is 14.4 Å². The first-order valence-corrected chi connectivity index (χ1v) is 11.5. The van der Waals surface area contributed by atoms with Crippen LogP contribution in [0.4, 0.5) is 4.79 Å². The molecule has 0 saturated heterocycles. The highest BCUT2D eigenvalue weighted by Crippen LogP contribution is 2.44. The Balaban J connectivity index is 1.42. The van der Waals surface area contributed by atoms with Crippen molar-refractivity contribution in [3.05, 3.63) is 59.7 Å². The average molecular weight is 451 g/mol. The second kappa shape index (κ2) is 10.1. The van der Waals surface area contributed by atoms with E-state index in [4.69, 9.17) is 9.84 Å². The number of carbonyl (C=O) groups excluding carboxylic acids is 2. The molecule has 7 heteroatoms. The van der Waals surface area contributed by atoms with Crippen LogP contribution in [0.1, 0.15) is 49.1 Å². The van der Waals surface area contributed by atoms with E-state index >= 15 is 0 Å². The molecule has 7 nitrogen and oxygen atoms in total. The third kappa shape index (κ3) is 5.02. The predicted molar refractivity (Wildman–Crippen MR) is 124 cm³/mol. The summed E-state index contributed by atoms with van der Waals surface area (Å²) in [6, 6.07) is 15.9. The highest BCUT2D eigenvalue weighted by molar-refractivity contribution is 5.84. The van der Waals surface area contributed by atoms with Crippen LogP contribution in [-0.2, 0) is 14.3 Å². The van der Waals surface area contributed by atoms with Gasteiger partial charge in [0.25, 0.3) is 0 Å². The van der Waals surface area contributed by atoms with Crippen molar-refractivity contribution in [2.45, 2.75) is 44.1 Å². The van der Waals surface area contributed by atoms with Crippen molar-refractivity contribution in [3.8, 4) is 11.1 Å². The molecule has 2 aliphatic rings. The summed E-state index contributed by atoms with van der Waals surface area (Å²) in [6.07, 6.45) is 3.51. The van der Waals surface area contributed by atoms with Gasteiger partial charge in [-0.3, -0.25) is 9.59 Å². The van der Waals surface area contributed by atoms with Gasteiger partial charge in [-0.05, 0) is 35.1 Å². The van der Waals surface area contributed by atoms with Crippen molar-refractivity contribution in [2.24, 2.45) is 5.92 Å². The van der Waals surface area contributed by atoms with E-state index in [2.05, 4.69) is 29.6 Å². The van der Waals surface area contributed by atoms with Crippen LogP contribution >= 0.6 is 0 Å². The number of fused-ring (bicyclic) bond motifs is 3. The molecule has 0 aliphatic heterocycles. The SMILES string of the molecule is CN(CC(=O)O)C(=O)[C@H]1CCCCC[C@H]1NC(=O)OCC1c2ccccc2-c2ccccc21. The number of carbonyl (C=O) groups is 3. The molecule has 1 fully saturated rings. The van der Waals surface area contributed by atoms with Gasteiger partial charge in [0.2, 0.25) is 5.91 Å². The van der Waals surface area contributed by atoms with Crippen LogP contribution in [0.15, 0.2) is 48.5 Å². The molecule has 174 valence electrons. The Morgan fingerprint density at radius 3 is 2.21 bits per heavy atom. The Kier molecular flexibility index (Phi) is 6.96. The van der Waals surface area contributed by atoms with E-state index in [1.54, 1.807) is 0 Å². The standard InChI is InChI=1S/C26H30N2O5/c1-28(15-24(29)30)25(31)21-13-3-2-4-14-23(21)27-26(32)33-16-22-19-11-7-5-9-17(19)18-10-6-8-12-20(18)22/h5-12,21-23H,2-4,13-16H2,1H3,(H,27,32)(H,29,30)/t21-,23+/m0/s1. The monoisotopic (exact) mass is 450 g/mol. The lowest BCUT2D eigenvalue weighted by molar-refractivity contribution is -0.145. The molecule has 2 aliphatic carbocycles. The summed E-state index contributed by atoms with van der Waals surface area (Å²) in [5, 5.41) is 11.9. The molecule has 2 atom stereocenters. The number of ether oxygens (including phenoxy) is 1. The van der Waals surface area contributed by atoms with Gasteiger partial charge in [0.15, 0.2) is 0 Å². The molecular weight excluding hydrogens is 420 g/mol. The normalized spacial score (nSPS) is 19.7. The fourth-order valence-electron chi connectivity index (χ4n) is 5.13. The van der Waals surface area contributed by atoms with Crippen LogP contribution in [-0.4, -0.2) is 54.2 Å². The molecule has 0 heterocycles. The molecular formula is C26H30N2O5. The molecule has 0 bridgehead atoms. The number of nitrogens with zero attached hydrogens (tertiary/aromatic N) is 1. The molecule has 2 N–H and O–H groups in total. The van der Waals surface area contributed by atoms with E-state index in [1.807, 2.05) is 24.3 Å². The predicted octanol–water partition coefficient (Wildman–Crippen LogP) is 4.02. The highest BCUT2D eigenvalue weighted by Gasteiger charge is 2.34. The van der Waals surface area contributed by atoms with Gasteiger partial charge in [-0.25, -0.2) is 4.79 Å². The number of alkyl carbamates (subject to hydrolysis) is 1. The Morgan fingerprint density at radius 2 is 1.58 bits per heavy atom. The van der Waals surface area contributed by atoms with Crippen LogP contribution < -0.4 is 5.32 Å². The molecule has 0 radical (unpaired) electrons. The molecule has 2 aromatic rings. The first kappa shape index (κ1) is 22.8. The number of aliphatic carboxylic acids is 1. The zero-order chi connectivity index (χ0) is 23.4. The Morgan fingerprint density at radius 1 is 0.970 bits per heavy atom. The van der Waals surface area contributed by atoms with Crippen molar-refractivity contribution < 1.29 is 24.2 Å². The molecule has 0 spiro atoms. The number of rotatable bonds is 6. The second-order valence-corrected chi connectivity index (χ2v) is 8.91. The molecule has 1 saturated carbocycles. The van der Waals surface area contributed by atoms with Gasteiger partial charge in [0, 0.05) is 19.0 Å². The number of carboxylic acid groups (broad SMARTS) is 1.